The Balaban J connectivity index is 0.00000107. The lowest BCUT2D eigenvalue weighted by atomic mass is 10.1. The average molecular weight is 694 g/mol. The van der Waals surface area contributed by atoms with Gasteiger partial charge in [0.05, 0.1) is 19.6 Å². The van der Waals surface area contributed by atoms with Crippen molar-refractivity contribution in [2.75, 3.05) is 26.8 Å². The number of rotatable bonds is 12. The van der Waals surface area contributed by atoms with Gasteiger partial charge in [0.25, 0.3) is 11.8 Å². The Labute approximate surface area is 277 Å². The molecule has 0 saturated carbocycles. The number of carbonyl (C=O) groups excluding carboxylic acids is 4. The van der Waals surface area contributed by atoms with Crippen LogP contribution in [-0.4, -0.2) is 95.6 Å². The van der Waals surface area contributed by atoms with Crippen LogP contribution in [0.1, 0.15) is 58.0 Å². The van der Waals surface area contributed by atoms with E-state index in [2.05, 4.69) is 10.6 Å². The van der Waals surface area contributed by atoms with Gasteiger partial charge in [0.15, 0.2) is 0 Å². The Morgan fingerprint density at radius 1 is 1.00 bits per heavy atom. The number of amides is 3. The first kappa shape index (κ1) is 39.2. The van der Waals surface area contributed by atoms with Crippen molar-refractivity contribution in [1.29, 1.82) is 5.41 Å². The van der Waals surface area contributed by atoms with Gasteiger partial charge in [-0.2, -0.15) is 13.2 Å². The molecule has 18 heteroatoms. The number of methoxy groups -OCH3 is 1. The summed E-state index contributed by atoms with van der Waals surface area (Å²) in [5.74, 6) is -6.14. The zero-order valence-electron chi connectivity index (χ0n) is 26.3. The summed E-state index contributed by atoms with van der Waals surface area (Å²) < 4.78 is 42.3. The first-order chi connectivity index (χ1) is 22.9. The number of nitrogens with one attached hydrogen (secondary N) is 3. The van der Waals surface area contributed by atoms with Crippen LogP contribution in [0.5, 0.6) is 5.75 Å². The third-order valence-corrected chi connectivity index (χ3v) is 6.57. The van der Waals surface area contributed by atoms with E-state index in [1.807, 2.05) is 0 Å². The van der Waals surface area contributed by atoms with E-state index in [9.17, 15) is 42.3 Å². The highest BCUT2D eigenvalue weighted by atomic mass is 19.4. The molecule has 0 unspecified atom stereocenters. The maximum Gasteiger partial charge on any atom is 0.490 e. The lowest BCUT2D eigenvalue weighted by Gasteiger charge is -2.20. The van der Waals surface area contributed by atoms with E-state index < -0.39 is 48.4 Å². The summed E-state index contributed by atoms with van der Waals surface area (Å²) in [6, 6.07) is 9.50. The minimum Gasteiger partial charge on any atom is -0.491 e. The second-order valence-electron chi connectivity index (χ2n) is 10.4. The lowest BCUT2D eigenvalue weighted by molar-refractivity contribution is -0.192. The van der Waals surface area contributed by atoms with E-state index in [1.54, 1.807) is 17.0 Å². The van der Waals surface area contributed by atoms with Crippen molar-refractivity contribution in [3.8, 4) is 5.75 Å². The number of nitrogens with two attached hydrogens (primary N) is 1. The quantitative estimate of drug-likeness (QED) is 0.0815. The van der Waals surface area contributed by atoms with E-state index in [1.165, 1.54) is 43.3 Å². The molecule has 1 heterocycles. The average Bonchev–Trinajstić information content (AvgIpc) is 3.57. The number of carbonyl (C=O) groups is 6. The maximum atomic E-state index is 13.0. The molecule has 1 saturated heterocycles. The van der Waals surface area contributed by atoms with Crippen molar-refractivity contribution in [1.82, 2.24) is 15.5 Å². The SMILES string of the molecule is COC(=O)C(=Cc1ccc(C(=N)N)cc1OC[C@@H](CC(=O)O)NC(=O)c1ccc(C(=O)N2CCCC2)cc1)NC(C)=O.O=C(O)C(F)(F)F. The molecular weight excluding hydrogens is 659 g/mol. The van der Waals surface area contributed by atoms with Gasteiger partial charge in [-0.1, -0.05) is 12.1 Å². The second-order valence-corrected chi connectivity index (χ2v) is 10.4. The van der Waals surface area contributed by atoms with Crippen molar-refractivity contribution >= 4 is 47.5 Å². The summed E-state index contributed by atoms with van der Waals surface area (Å²) >= 11 is 0. The maximum absolute atomic E-state index is 13.0. The van der Waals surface area contributed by atoms with Crippen LogP contribution in [0.25, 0.3) is 6.08 Å². The molecule has 1 fully saturated rings. The van der Waals surface area contributed by atoms with Gasteiger partial charge in [-0.05, 0) is 49.2 Å². The molecule has 0 aromatic heterocycles. The Morgan fingerprint density at radius 3 is 2.04 bits per heavy atom. The summed E-state index contributed by atoms with van der Waals surface area (Å²) in [7, 11) is 1.15. The Morgan fingerprint density at radius 2 is 1.55 bits per heavy atom. The van der Waals surface area contributed by atoms with Gasteiger partial charge in [-0.3, -0.25) is 24.6 Å². The van der Waals surface area contributed by atoms with Crippen LogP contribution < -0.4 is 21.1 Å². The third kappa shape index (κ3) is 12.6. The minimum absolute atomic E-state index is 0.101. The number of carboxylic acids is 2. The van der Waals surface area contributed by atoms with Gasteiger partial charge in [-0.15, -0.1) is 0 Å². The number of aliphatic carboxylic acids is 2. The number of likely N-dealkylation sites (tertiary alicyclic amines) is 1. The number of amidine groups is 1. The van der Waals surface area contributed by atoms with Gasteiger partial charge < -0.3 is 41.0 Å². The molecule has 0 aliphatic carbocycles. The number of hydrogen-bond donors (Lipinski definition) is 6. The van der Waals surface area contributed by atoms with Crippen LogP contribution in [0.4, 0.5) is 13.2 Å². The van der Waals surface area contributed by atoms with Gasteiger partial charge >= 0.3 is 24.1 Å². The molecule has 264 valence electrons. The van der Waals surface area contributed by atoms with Crippen molar-refractivity contribution in [2.24, 2.45) is 5.73 Å². The van der Waals surface area contributed by atoms with Gasteiger partial charge in [-0.25, -0.2) is 9.59 Å². The summed E-state index contributed by atoms with van der Waals surface area (Å²) in [5, 5.41) is 29.3. The molecule has 0 bridgehead atoms. The van der Waals surface area contributed by atoms with Gasteiger partial charge in [0.2, 0.25) is 5.91 Å². The fraction of sp³-hybridized carbons (Fsp3) is 0.323. The summed E-state index contributed by atoms with van der Waals surface area (Å²) in [4.78, 5) is 71.5. The van der Waals surface area contributed by atoms with E-state index >= 15 is 0 Å². The standard InChI is InChI=1S/C29H33N5O8.C2HF3O2/c1-17(35)32-23(29(40)41-2)13-20-9-10-21(26(30)31)14-24(20)42-16-22(15-25(36)37)33-27(38)18-5-7-19(8-6-18)28(39)34-11-3-4-12-34;3-2(4,5)1(6)7/h5-10,13-14,22H,3-4,11-12,15-16H2,1-2H3,(H3,30,31)(H,32,35)(H,33,38)(H,36,37);(H,6,7)/t22-;/m1./s1. The molecule has 2 aromatic carbocycles. The van der Waals surface area contributed by atoms with Gasteiger partial charge in [0, 0.05) is 42.3 Å². The predicted octanol–water partition coefficient (Wildman–Crippen LogP) is 2.14. The molecule has 3 amide bonds. The molecule has 1 aliphatic heterocycles. The molecule has 49 heavy (non-hydrogen) atoms. The van der Waals surface area contributed by atoms with E-state index in [4.69, 9.17) is 30.5 Å². The zero-order chi connectivity index (χ0) is 36.9. The number of ether oxygens (including phenoxy) is 2. The number of carboxylic acid groups (broad SMARTS) is 2. The summed E-state index contributed by atoms with van der Waals surface area (Å²) in [5.41, 5.74) is 6.67. The molecule has 3 rings (SSSR count). The van der Waals surface area contributed by atoms with Crippen molar-refractivity contribution in [3.63, 3.8) is 0 Å². The molecule has 1 atom stereocenters. The van der Waals surface area contributed by atoms with Crippen LogP contribution in [0, 0.1) is 5.41 Å². The van der Waals surface area contributed by atoms with Crippen LogP contribution in [0.3, 0.4) is 0 Å². The monoisotopic (exact) mass is 693 g/mol. The number of nitrogens with zero attached hydrogens (tertiary/aromatic N) is 1. The smallest absolute Gasteiger partial charge is 0.490 e. The predicted molar refractivity (Wildman–Crippen MR) is 166 cm³/mol. The fourth-order valence-electron chi connectivity index (χ4n) is 4.24. The Kier molecular flexibility index (Phi) is 14.3. The van der Waals surface area contributed by atoms with E-state index in [0.717, 1.165) is 20.0 Å². The van der Waals surface area contributed by atoms with Crippen LogP contribution in [0.15, 0.2) is 48.2 Å². The highest BCUT2D eigenvalue weighted by Gasteiger charge is 2.38. The largest absolute Gasteiger partial charge is 0.491 e. The topological polar surface area (TPSA) is 239 Å². The van der Waals surface area contributed by atoms with Crippen LogP contribution >= 0.6 is 0 Å². The molecule has 15 nitrogen and oxygen atoms in total. The molecular formula is C31H34F3N5O10. The summed E-state index contributed by atoms with van der Waals surface area (Å²) in [6.07, 6.45) is -2.36. The fourth-order valence-corrected chi connectivity index (χ4v) is 4.24. The highest BCUT2D eigenvalue weighted by molar-refractivity contribution is 5.99. The third-order valence-electron chi connectivity index (χ3n) is 6.57. The van der Waals surface area contributed by atoms with Crippen molar-refractivity contribution < 1.29 is 61.6 Å². The highest BCUT2D eigenvalue weighted by Crippen LogP contribution is 2.24. The number of hydrogen-bond acceptors (Lipinski definition) is 9. The van der Waals surface area contributed by atoms with Crippen LogP contribution in [0.2, 0.25) is 0 Å². The second kappa shape index (κ2) is 17.8. The number of alkyl halides is 3. The molecule has 0 spiro atoms. The normalized spacial score (nSPS) is 13.2. The molecule has 1 aliphatic rings. The number of benzene rings is 2. The number of halogens is 3. The zero-order valence-corrected chi connectivity index (χ0v) is 26.3. The number of esters is 1. The first-order valence-corrected chi connectivity index (χ1v) is 14.3. The van der Waals surface area contributed by atoms with E-state index in [0.29, 0.717) is 18.7 Å². The minimum atomic E-state index is -5.08. The number of nitrogen functional groups attached to an aromatic ring is 1. The first-order valence-electron chi connectivity index (χ1n) is 14.3. The molecule has 7 N–H and O–H groups in total. The van der Waals surface area contributed by atoms with Gasteiger partial charge in [0.1, 0.15) is 23.9 Å². The molecule has 2 aromatic rings. The Bertz CT molecular complexity index is 1600. The van der Waals surface area contributed by atoms with Crippen molar-refractivity contribution in [3.05, 3.63) is 70.4 Å². The Hall–Kier alpha value is -5.94. The van der Waals surface area contributed by atoms with Crippen molar-refractivity contribution in [2.45, 2.75) is 38.4 Å². The summed E-state index contributed by atoms with van der Waals surface area (Å²) in [6.45, 7) is 2.30. The lowest BCUT2D eigenvalue weighted by Crippen LogP contribution is -2.40. The molecule has 0 radical (unpaired) electrons. The van der Waals surface area contributed by atoms with E-state index in [-0.39, 0.29) is 46.5 Å². The van der Waals surface area contributed by atoms with Crippen LogP contribution in [-0.2, 0) is 23.9 Å².